The average Bonchev–Trinajstić information content (AvgIpc) is 3.15. The molecule has 12 nitrogen and oxygen atoms in total. The molecule has 0 amide bonds. The number of rotatable bonds is 12. The number of esters is 5. The van der Waals surface area contributed by atoms with Crippen molar-refractivity contribution in [1.29, 1.82) is 0 Å². The zero-order valence-corrected chi connectivity index (χ0v) is 22.3. The molecule has 1 aliphatic rings. The summed E-state index contributed by atoms with van der Waals surface area (Å²) in [7, 11) is 1.49. The van der Waals surface area contributed by atoms with Crippen molar-refractivity contribution >= 4 is 47.3 Å². The fourth-order valence-electron chi connectivity index (χ4n) is 3.80. The van der Waals surface area contributed by atoms with Gasteiger partial charge in [0.2, 0.25) is 0 Å². The molecule has 0 unspecified atom stereocenters. The largest absolute Gasteiger partial charge is 0.462 e. The van der Waals surface area contributed by atoms with E-state index < -0.39 is 66.2 Å². The minimum absolute atomic E-state index is 0.0816. The Hall–Kier alpha value is -3.32. The highest BCUT2D eigenvalue weighted by atomic mass is 32.2. The SMILES string of the molecule is COCN1c2ccccc2S[C@@H]1[C@H](OC(C)=O)[C@H](OC(C)=O)[C@@H](OC(C)=O)[C@H](COC(C)=O)OC(C)=O. The van der Waals surface area contributed by atoms with E-state index in [0.29, 0.717) is 0 Å². The van der Waals surface area contributed by atoms with Gasteiger partial charge in [0.25, 0.3) is 0 Å². The Bertz CT molecular complexity index is 1000. The third-order valence-corrected chi connectivity index (χ3v) is 6.33. The van der Waals surface area contributed by atoms with Crippen LogP contribution in [0.1, 0.15) is 34.6 Å². The number of carbonyl (C=O) groups excluding carboxylic acids is 5. The van der Waals surface area contributed by atoms with Crippen molar-refractivity contribution in [2.45, 2.75) is 69.3 Å². The van der Waals surface area contributed by atoms with E-state index in [1.807, 2.05) is 24.3 Å². The summed E-state index contributed by atoms with van der Waals surface area (Å²) in [4.78, 5) is 62.7. The van der Waals surface area contributed by atoms with Crippen molar-refractivity contribution in [2.24, 2.45) is 0 Å². The smallest absolute Gasteiger partial charge is 0.303 e. The Morgan fingerprint density at radius 3 is 1.92 bits per heavy atom. The molecule has 1 aliphatic heterocycles. The number of thioether (sulfide) groups is 1. The first-order chi connectivity index (χ1) is 17.4. The fourth-order valence-corrected chi connectivity index (χ4v) is 5.17. The summed E-state index contributed by atoms with van der Waals surface area (Å²) in [5.41, 5.74) is 0.776. The third-order valence-electron chi connectivity index (χ3n) is 4.97. The number of hydrogen-bond acceptors (Lipinski definition) is 13. The lowest BCUT2D eigenvalue weighted by atomic mass is 10.0. The lowest BCUT2D eigenvalue weighted by molar-refractivity contribution is -0.202. The number of anilines is 1. The Morgan fingerprint density at radius 2 is 1.38 bits per heavy atom. The van der Waals surface area contributed by atoms with Gasteiger partial charge in [-0.1, -0.05) is 23.9 Å². The first kappa shape index (κ1) is 29.9. The molecule has 0 spiro atoms. The zero-order valence-electron chi connectivity index (χ0n) is 21.5. The predicted molar refractivity (Wildman–Crippen MR) is 129 cm³/mol. The highest BCUT2D eigenvalue weighted by Crippen LogP contribution is 2.46. The Balaban J connectivity index is 2.63. The monoisotopic (exact) mass is 541 g/mol. The van der Waals surface area contributed by atoms with Crippen LogP contribution in [0, 0.1) is 0 Å². The molecular formula is C24H31NO11S. The second-order valence-electron chi connectivity index (χ2n) is 8.04. The molecule has 0 aliphatic carbocycles. The van der Waals surface area contributed by atoms with E-state index >= 15 is 0 Å². The van der Waals surface area contributed by atoms with E-state index in [-0.39, 0.29) is 6.73 Å². The van der Waals surface area contributed by atoms with Crippen molar-refractivity contribution in [3.63, 3.8) is 0 Å². The standard InChI is InChI=1S/C24H31NO11S/c1-13(26)32-11-19(33-14(2)27)21(34-15(3)28)22(35-16(4)29)23(36-17(5)30)24-25(12-31-6)18-9-7-8-10-20(18)37-24/h7-10,19,21-24H,11-12H2,1-6H3/t19-,21-,22+,23+,24+/m0/s1. The summed E-state index contributed by atoms with van der Waals surface area (Å²) < 4.78 is 32.4. The highest BCUT2D eigenvalue weighted by molar-refractivity contribution is 8.00. The van der Waals surface area contributed by atoms with E-state index in [2.05, 4.69) is 0 Å². The molecule has 0 bridgehead atoms. The van der Waals surface area contributed by atoms with Crippen molar-refractivity contribution in [3.8, 4) is 0 Å². The average molecular weight is 542 g/mol. The molecule has 1 aromatic carbocycles. The minimum atomic E-state index is -1.51. The molecule has 0 N–H and O–H groups in total. The van der Waals surface area contributed by atoms with Crippen LogP contribution >= 0.6 is 11.8 Å². The van der Waals surface area contributed by atoms with Crippen LogP contribution in [0.3, 0.4) is 0 Å². The number of benzene rings is 1. The number of methoxy groups -OCH3 is 1. The maximum absolute atomic E-state index is 12.3. The summed E-state index contributed by atoms with van der Waals surface area (Å²) >= 11 is 1.31. The van der Waals surface area contributed by atoms with Crippen molar-refractivity contribution in [3.05, 3.63) is 24.3 Å². The normalized spacial score (nSPS) is 17.5. The van der Waals surface area contributed by atoms with Crippen LogP contribution in [0.4, 0.5) is 5.69 Å². The van der Waals surface area contributed by atoms with E-state index in [4.69, 9.17) is 28.4 Å². The van der Waals surface area contributed by atoms with Gasteiger partial charge in [0.05, 0.1) is 5.69 Å². The molecular weight excluding hydrogens is 510 g/mol. The number of nitrogens with zero attached hydrogens (tertiary/aromatic N) is 1. The van der Waals surface area contributed by atoms with Gasteiger partial charge < -0.3 is 33.3 Å². The van der Waals surface area contributed by atoms with Gasteiger partial charge in [-0.15, -0.1) is 0 Å². The van der Waals surface area contributed by atoms with Crippen molar-refractivity contribution in [1.82, 2.24) is 0 Å². The first-order valence-corrected chi connectivity index (χ1v) is 12.2. The number of ether oxygens (including phenoxy) is 6. The maximum Gasteiger partial charge on any atom is 0.303 e. The summed E-state index contributed by atoms with van der Waals surface area (Å²) in [6.45, 7) is 5.22. The second kappa shape index (κ2) is 13.8. The van der Waals surface area contributed by atoms with Crippen LogP contribution in [-0.2, 0) is 52.4 Å². The number of carbonyl (C=O) groups is 5. The maximum atomic E-state index is 12.3. The summed E-state index contributed by atoms with van der Waals surface area (Å²) in [5.74, 6) is -3.76. The lowest BCUT2D eigenvalue weighted by Gasteiger charge is -2.39. The van der Waals surface area contributed by atoms with Crippen molar-refractivity contribution < 1.29 is 52.4 Å². The topological polar surface area (TPSA) is 144 Å². The number of fused-ring (bicyclic) bond motifs is 1. The van der Waals surface area contributed by atoms with Gasteiger partial charge in [0.1, 0.15) is 18.7 Å². The molecule has 5 atom stereocenters. The molecule has 0 saturated carbocycles. The number of para-hydroxylation sites is 1. The van der Waals surface area contributed by atoms with E-state index in [9.17, 15) is 24.0 Å². The molecule has 37 heavy (non-hydrogen) atoms. The fraction of sp³-hybridized carbons (Fsp3) is 0.542. The van der Waals surface area contributed by atoms with E-state index in [1.54, 1.807) is 4.90 Å². The molecule has 0 radical (unpaired) electrons. The van der Waals surface area contributed by atoms with Crippen LogP contribution in [0.15, 0.2) is 29.2 Å². The van der Waals surface area contributed by atoms with Gasteiger partial charge in [-0.3, -0.25) is 24.0 Å². The van der Waals surface area contributed by atoms with Crippen LogP contribution in [0.5, 0.6) is 0 Å². The van der Waals surface area contributed by atoms with Gasteiger partial charge in [0, 0.05) is 46.6 Å². The summed E-state index contributed by atoms with van der Waals surface area (Å²) in [5, 5.41) is -0.713. The molecule has 13 heteroatoms. The van der Waals surface area contributed by atoms with E-state index in [1.165, 1.54) is 25.8 Å². The zero-order chi connectivity index (χ0) is 27.7. The van der Waals surface area contributed by atoms with Gasteiger partial charge in [-0.25, -0.2) is 0 Å². The molecule has 2 rings (SSSR count). The lowest BCUT2D eigenvalue weighted by Crippen LogP contribution is -2.58. The molecule has 1 heterocycles. The molecule has 204 valence electrons. The van der Waals surface area contributed by atoms with E-state index in [0.717, 1.165) is 38.3 Å². The Morgan fingerprint density at radius 1 is 0.811 bits per heavy atom. The quantitative estimate of drug-likeness (QED) is 0.280. The van der Waals surface area contributed by atoms with Crippen LogP contribution < -0.4 is 4.90 Å². The van der Waals surface area contributed by atoms with Gasteiger partial charge in [0.15, 0.2) is 24.4 Å². The molecule has 0 aromatic heterocycles. The predicted octanol–water partition coefficient (Wildman–Crippen LogP) is 1.82. The van der Waals surface area contributed by atoms with Crippen LogP contribution in [0.25, 0.3) is 0 Å². The van der Waals surface area contributed by atoms with Gasteiger partial charge >= 0.3 is 29.8 Å². The molecule has 0 saturated heterocycles. The van der Waals surface area contributed by atoms with Crippen molar-refractivity contribution in [2.75, 3.05) is 25.3 Å². The Labute approximate surface area is 218 Å². The third kappa shape index (κ3) is 8.64. The second-order valence-corrected chi connectivity index (χ2v) is 9.19. The first-order valence-electron chi connectivity index (χ1n) is 11.3. The summed E-state index contributed by atoms with van der Waals surface area (Å²) in [6.07, 6.45) is -5.63. The molecule has 1 aromatic rings. The highest BCUT2D eigenvalue weighted by Gasteiger charge is 2.50. The van der Waals surface area contributed by atoms with Gasteiger partial charge in [-0.2, -0.15) is 0 Å². The van der Waals surface area contributed by atoms with Crippen LogP contribution in [0.2, 0.25) is 0 Å². The molecule has 0 fully saturated rings. The Kier molecular flexibility index (Phi) is 11.2. The van der Waals surface area contributed by atoms with Crippen LogP contribution in [-0.4, -0.2) is 80.1 Å². The minimum Gasteiger partial charge on any atom is -0.462 e. The number of hydrogen-bond donors (Lipinski definition) is 0. The van der Waals surface area contributed by atoms with Gasteiger partial charge in [-0.05, 0) is 12.1 Å². The summed E-state index contributed by atoms with van der Waals surface area (Å²) in [6, 6.07) is 7.37.